The normalized spacial score (nSPS) is 12.7. The van der Waals surface area contributed by atoms with Crippen LogP contribution in [0.2, 0.25) is 0 Å². The molecule has 0 radical (unpaired) electrons. The first-order valence-corrected chi connectivity index (χ1v) is 11.8. The first-order chi connectivity index (χ1) is 13.4. The predicted molar refractivity (Wildman–Crippen MR) is 118 cm³/mol. The number of hydrogen-bond donors (Lipinski definition) is 1. The molecule has 3 aromatic rings. The molecule has 0 aliphatic rings. The van der Waals surface area contributed by atoms with Crippen LogP contribution in [0.25, 0.3) is 16.9 Å². The highest BCUT2D eigenvalue weighted by Crippen LogP contribution is 2.43. The van der Waals surface area contributed by atoms with E-state index in [4.69, 9.17) is 4.98 Å². The zero-order valence-electron chi connectivity index (χ0n) is 17.4. The molecule has 1 N–H and O–H groups in total. The second kappa shape index (κ2) is 7.81. The van der Waals surface area contributed by atoms with E-state index in [9.17, 15) is 13.0 Å². The van der Waals surface area contributed by atoms with Gasteiger partial charge in [0.15, 0.2) is 5.65 Å². The standard InChI is InChI=1S/C21H26BrN3O3S/c1-11(2)14-9-15(12(3)4)20(29(26,27)28)18(13(5)6)19(14)17-7-8-25-21(24-17)16(22)10-23-25/h7-13H,1-6H3,(H,26,27,28). The van der Waals surface area contributed by atoms with Crippen molar-refractivity contribution in [3.63, 3.8) is 0 Å². The number of nitrogens with zero attached hydrogens (tertiary/aromatic N) is 3. The van der Waals surface area contributed by atoms with Gasteiger partial charge in [-0.3, -0.25) is 4.55 Å². The zero-order chi connectivity index (χ0) is 21.7. The highest BCUT2D eigenvalue weighted by atomic mass is 79.9. The van der Waals surface area contributed by atoms with E-state index in [1.54, 1.807) is 16.9 Å². The van der Waals surface area contributed by atoms with Crippen molar-refractivity contribution in [3.05, 3.63) is 45.7 Å². The number of fused-ring (bicyclic) bond motifs is 1. The lowest BCUT2D eigenvalue weighted by Gasteiger charge is -2.26. The summed E-state index contributed by atoms with van der Waals surface area (Å²) in [5.74, 6) is -0.0540. The van der Waals surface area contributed by atoms with Crippen molar-refractivity contribution in [1.29, 1.82) is 0 Å². The highest BCUT2D eigenvalue weighted by molar-refractivity contribution is 9.10. The van der Waals surface area contributed by atoms with Gasteiger partial charge in [0.05, 0.1) is 16.4 Å². The van der Waals surface area contributed by atoms with E-state index in [0.717, 1.165) is 15.6 Å². The van der Waals surface area contributed by atoms with Crippen LogP contribution in [-0.2, 0) is 10.1 Å². The Morgan fingerprint density at radius 2 is 1.66 bits per heavy atom. The molecule has 0 fully saturated rings. The van der Waals surface area contributed by atoms with E-state index in [1.165, 1.54) is 0 Å². The number of aromatic nitrogens is 3. The minimum Gasteiger partial charge on any atom is -0.282 e. The van der Waals surface area contributed by atoms with Gasteiger partial charge in [0, 0.05) is 11.8 Å². The Morgan fingerprint density at radius 1 is 1.03 bits per heavy atom. The number of rotatable bonds is 5. The topological polar surface area (TPSA) is 84.6 Å². The van der Waals surface area contributed by atoms with Crippen molar-refractivity contribution >= 4 is 31.7 Å². The van der Waals surface area contributed by atoms with Gasteiger partial charge >= 0.3 is 0 Å². The lowest BCUT2D eigenvalue weighted by atomic mass is 9.83. The van der Waals surface area contributed by atoms with Gasteiger partial charge in [0.2, 0.25) is 0 Å². The molecule has 2 heterocycles. The second-order valence-corrected chi connectivity index (χ2v) is 10.4. The van der Waals surface area contributed by atoms with Gasteiger partial charge < -0.3 is 0 Å². The largest absolute Gasteiger partial charge is 0.295 e. The molecule has 0 bridgehead atoms. The van der Waals surface area contributed by atoms with E-state index in [2.05, 4.69) is 34.9 Å². The van der Waals surface area contributed by atoms with Gasteiger partial charge in [-0.15, -0.1) is 0 Å². The first kappa shape index (κ1) is 21.9. The SMILES string of the molecule is CC(C)c1cc(C(C)C)c(S(=O)(=O)O)c(C(C)C)c1-c1ccn2ncc(Br)c2n1. The molecule has 0 aliphatic heterocycles. The molecule has 2 aromatic heterocycles. The maximum atomic E-state index is 12.5. The van der Waals surface area contributed by atoms with Crippen LogP contribution in [0.5, 0.6) is 0 Å². The summed E-state index contributed by atoms with van der Waals surface area (Å²) in [6.45, 7) is 11.9. The molecule has 0 saturated heterocycles. The fourth-order valence-corrected chi connectivity index (χ4v) is 5.29. The van der Waals surface area contributed by atoms with Gasteiger partial charge in [0.25, 0.3) is 10.1 Å². The summed E-state index contributed by atoms with van der Waals surface area (Å²) in [6.07, 6.45) is 3.48. The van der Waals surface area contributed by atoms with E-state index in [-0.39, 0.29) is 22.6 Å². The second-order valence-electron chi connectivity index (χ2n) is 8.19. The fourth-order valence-electron chi connectivity index (χ4n) is 3.72. The Hall–Kier alpha value is -1.77. The molecule has 3 rings (SSSR count). The van der Waals surface area contributed by atoms with Crippen molar-refractivity contribution in [2.24, 2.45) is 0 Å². The van der Waals surface area contributed by atoms with Crippen molar-refractivity contribution in [1.82, 2.24) is 14.6 Å². The van der Waals surface area contributed by atoms with Crippen LogP contribution in [0.1, 0.15) is 76.0 Å². The maximum absolute atomic E-state index is 12.5. The summed E-state index contributed by atoms with van der Waals surface area (Å²) in [6, 6.07) is 3.75. The molecule has 29 heavy (non-hydrogen) atoms. The van der Waals surface area contributed by atoms with Crippen LogP contribution in [0.4, 0.5) is 0 Å². The third-order valence-corrected chi connectivity index (χ3v) is 6.57. The lowest BCUT2D eigenvalue weighted by molar-refractivity contribution is 0.479. The summed E-state index contributed by atoms with van der Waals surface area (Å²) in [5, 5.41) is 4.23. The van der Waals surface area contributed by atoms with E-state index >= 15 is 0 Å². The predicted octanol–water partition coefficient (Wildman–Crippen LogP) is 5.78. The van der Waals surface area contributed by atoms with Crippen LogP contribution in [-0.4, -0.2) is 27.6 Å². The van der Waals surface area contributed by atoms with Crippen LogP contribution in [0.15, 0.2) is 33.9 Å². The van der Waals surface area contributed by atoms with Crippen LogP contribution in [0.3, 0.4) is 0 Å². The Bertz CT molecular complexity index is 1180. The van der Waals surface area contributed by atoms with Gasteiger partial charge in [-0.2, -0.15) is 13.5 Å². The zero-order valence-corrected chi connectivity index (χ0v) is 19.8. The monoisotopic (exact) mass is 479 g/mol. The fraction of sp³-hybridized carbons (Fsp3) is 0.429. The lowest BCUT2D eigenvalue weighted by Crippen LogP contribution is -2.14. The Morgan fingerprint density at radius 3 is 2.17 bits per heavy atom. The van der Waals surface area contributed by atoms with Gasteiger partial charge in [-0.25, -0.2) is 9.50 Å². The molecule has 8 heteroatoms. The van der Waals surface area contributed by atoms with Crippen LogP contribution in [0, 0.1) is 0 Å². The summed E-state index contributed by atoms with van der Waals surface area (Å²) in [7, 11) is -4.42. The van der Waals surface area contributed by atoms with Crippen molar-refractivity contribution in [2.75, 3.05) is 0 Å². The average Bonchev–Trinajstić information content (AvgIpc) is 2.99. The molecule has 156 valence electrons. The Kier molecular flexibility index (Phi) is 5.91. The molecular weight excluding hydrogens is 454 g/mol. The molecule has 0 unspecified atom stereocenters. The minimum absolute atomic E-state index is 0.0103. The quantitative estimate of drug-likeness (QED) is 0.469. The van der Waals surface area contributed by atoms with E-state index in [0.29, 0.717) is 22.5 Å². The third kappa shape index (κ3) is 3.98. The molecular formula is C21H26BrN3O3S. The van der Waals surface area contributed by atoms with Gasteiger partial charge in [0.1, 0.15) is 4.90 Å². The first-order valence-electron chi connectivity index (χ1n) is 9.61. The molecule has 0 atom stereocenters. The molecule has 6 nitrogen and oxygen atoms in total. The van der Waals surface area contributed by atoms with Crippen molar-refractivity contribution < 1.29 is 13.0 Å². The van der Waals surface area contributed by atoms with Crippen molar-refractivity contribution in [2.45, 2.75) is 64.2 Å². The summed E-state index contributed by atoms with van der Waals surface area (Å²) < 4.78 is 37.5. The Balaban J connectivity index is 2.53. The van der Waals surface area contributed by atoms with E-state index in [1.807, 2.05) is 39.8 Å². The maximum Gasteiger partial charge on any atom is 0.295 e. The van der Waals surface area contributed by atoms with Gasteiger partial charge in [-0.1, -0.05) is 47.6 Å². The van der Waals surface area contributed by atoms with Crippen molar-refractivity contribution in [3.8, 4) is 11.3 Å². The molecule has 0 saturated carbocycles. The molecule has 0 amide bonds. The van der Waals surface area contributed by atoms with E-state index < -0.39 is 10.1 Å². The Labute approximate surface area is 180 Å². The highest BCUT2D eigenvalue weighted by Gasteiger charge is 2.30. The summed E-state index contributed by atoms with van der Waals surface area (Å²) in [5.41, 5.74) is 4.32. The van der Waals surface area contributed by atoms with Crippen LogP contribution >= 0.6 is 15.9 Å². The molecule has 0 spiro atoms. The smallest absolute Gasteiger partial charge is 0.282 e. The summed E-state index contributed by atoms with van der Waals surface area (Å²) >= 11 is 3.46. The third-order valence-electron chi connectivity index (χ3n) is 5.04. The summed E-state index contributed by atoms with van der Waals surface area (Å²) in [4.78, 5) is 4.78. The minimum atomic E-state index is -4.42. The van der Waals surface area contributed by atoms with Gasteiger partial charge in [-0.05, 0) is 56.4 Å². The molecule has 0 aliphatic carbocycles. The molecule has 1 aromatic carbocycles. The number of benzene rings is 1. The van der Waals surface area contributed by atoms with Crippen LogP contribution < -0.4 is 0 Å². The number of halogens is 1. The number of hydrogen-bond acceptors (Lipinski definition) is 4. The average molecular weight is 480 g/mol.